The molecule has 5 nitrogen and oxygen atoms in total. The molecule has 1 unspecified atom stereocenters. The molecule has 27 heavy (non-hydrogen) atoms. The van der Waals surface area contributed by atoms with E-state index in [1.54, 1.807) is 0 Å². The fourth-order valence-electron chi connectivity index (χ4n) is 3.38. The molecule has 2 saturated heterocycles. The number of rotatable bonds is 6. The molecule has 2 heterocycles. The molecule has 0 bridgehead atoms. The minimum absolute atomic E-state index is 0. The number of nitrogens with zero attached hydrogens (tertiary/aromatic N) is 1. The van der Waals surface area contributed by atoms with Gasteiger partial charge >= 0.3 is 0 Å². The standard InChI is InChI=1S/C19H29N3O2S.2ClH/c20-18(16-6-11-24-12-7-16)19(23)21-17-3-1-15(2-4-17)5-8-22-9-13-25-14-10-22;;/h1-4,16,18H,5-14,20H2,(H,21,23);2*1H. The SMILES string of the molecule is Cl.Cl.NC(C(=O)Nc1ccc(CCN2CCSCC2)cc1)C1CCOCC1. The third-order valence-corrected chi connectivity index (χ3v) is 6.06. The van der Waals surface area contributed by atoms with Crippen LogP contribution < -0.4 is 11.1 Å². The summed E-state index contributed by atoms with van der Waals surface area (Å²) in [6.45, 7) is 4.92. The number of nitrogens with one attached hydrogen (secondary N) is 1. The second-order valence-corrected chi connectivity index (χ2v) is 8.09. The third kappa shape index (κ3) is 7.80. The molecular weight excluding hydrogens is 405 g/mol. The molecule has 0 saturated carbocycles. The quantitative estimate of drug-likeness (QED) is 0.718. The van der Waals surface area contributed by atoms with Crippen LogP contribution in [-0.4, -0.2) is 61.2 Å². The lowest BCUT2D eigenvalue weighted by atomic mass is 9.92. The summed E-state index contributed by atoms with van der Waals surface area (Å²) >= 11 is 2.04. The minimum Gasteiger partial charge on any atom is -0.381 e. The molecule has 1 aromatic carbocycles. The molecule has 8 heteroatoms. The molecule has 0 spiro atoms. The highest BCUT2D eigenvalue weighted by Gasteiger charge is 2.26. The van der Waals surface area contributed by atoms with Crippen LogP contribution in [0.15, 0.2) is 24.3 Å². The lowest BCUT2D eigenvalue weighted by Gasteiger charge is -2.27. The molecule has 3 rings (SSSR count). The molecule has 154 valence electrons. The zero-order valence-corrected chi connectivity index (χ0v) is 18.1. The highest BCUT2D eigenvalue weighted by atomic mass is 35.5. The van der Waals surface area contributed by atoms with Crippen molar-refractivity contribution in [3.05, 3.63) is 29.8 Å². The number of hydrogen-bond acceptors (Lipinski definition) is 5. The molecule has 0 aromatic heterocycles. The van der Waals surface area contributed by atoms with Gasteiger partial charge < -0.3 is 20.7 Å². The second-order valence-electron chi connectivity index (χ2n) is 6.87. The summed E-state index contributed by atoms with van der Waals surface area (Å²) < 4.78 is 5.34. The number of ether oxygens (including phenoxy) is 1. The van der Waals surface area contributed by atoms with Crippen molar-refractivity contribution >= 4 is 48.2 Å². The Balaban J connectivity index is 0.00000182. The summed E-state index contributed by atoms with van der Waals surface area (Å²) in [5.74, 6) is 2.62. The highest BCUT2D eigenvalue weighted by molar-refractivity contribution is 7.99. The molecule has 0 radical (unpaired) electrons. The van der Waals surface area contributed by atoms with Crippen LogP contribution >= 0.6 is 36.6 Å². The number of nitrogens with two attached hydrogens (primary N) is 1. The van der Waals surface area contributed by atoms with Gasteiger partial charge in [0.2, 0.25) is 5.91 Å². The van der Waals surface area contributed by atoms with E-state index in [0.717, 1.165) is 31.5 Å². The van der Waals surface area contributed by atoms with Crippen LogP contribution in [0.3, 0.4) is 0 Å². The largest absolute Gasteiger partial charge is 0.381 e. The molecule has 2 aliphatic heterocycles. The lowest BCUT2D eigenvalue weighted by molar-refractivity contribution is -0.119. The zero-order valence-electron chi connectivity index (χ0n) is 15.6. The first kappa shape index (κ1) is 24.5. The van der Waals surface area contributed by atoms with Crippen molar-refractivity contribution in [2.45, 2.75) is 25.3 Å². The molecule has 0 aliphatic carbocycles. The maximum atomic E-state index is 12.3. The van der Waals surface area contributed by atoms with Crippen molar-refractivity contribution in [1.29, 1.82) is 0 Å². The van der Waals surface area contributed by atoms with Crippen molar-refractivity contribution in [2.24, 2.45) is 11.7 Å². The number of carbonyl (C=O) groups excluding carboxylic acids is 1. The van der Waals surface area contributed by atoms with E-state index in [1.807, 2.05) is 23.9 Å². The Bertz CT molecular complexity index is 550. The first-order valence-corrected chi connectivity index (χ1v) is 10.4. The predicted molar refractivity (Wildman–Crippen MR) is 119 cm³/mol. The Morgan fingerprint density at radius 2 is 1.81 bits per heavy atom. The molecule has 2 fully saturated rings. The first-order valence-electron chi connectivity index (χ1n) is 9.25. The topological polar surface area (TPSA) is 67.6 Å². The lowest BCUT2D eigenvalue weighted by Crippen LogP contribution is -2.44. The molecule has 3 N–H and O–H groups in total. The number of amides is 1. The van der Waals surface area contributed by atoms with Gasteiger partial charge in [-0.1, -0.05) is 12.1 Å². The Labute approximate surface area is 179 Å². The third-order valence-electron chi connectivity index (χ3n) is 5.12. The van der Waals surface area contributed by atoms with Gasteiger partial charge in [0.15, 0.2) is 0 Å². The Kier molecular flexibility index (Phi) is 11.7. The highest BCUT2D eigenvalue weighted by Crippen LogP contribution is 2.19. The van der Waals surface area contributed by atoms with Crippen molar-refractivity contribution in [3.63, 3.8) is 0 Å². The van der Waals surface area contributed by atoms with Crippen LogP contribution in [0.1, 0.15) is 18.4 Å². The van der Waals surface area contributed by atoms with Crippen molar-refractivity contribution in [1.82, 2.24) is 4.90 Å². The van der Waals surface area contributed by atoms with Gasteiger partial charge in [-0.05, 0) is 42.9 Å². The number of thioether (sulfide) groups is 1. The van der Waals surface area contributed by atoms with E-state index in [2.05, 4.69) is 22.3 Å². The van der Waals surface area contributed by atoms with Gasteiger partial charge in [-0.3, -0.25) is 4.79 Å². The number of carbonyl (C=O) groups is 1. The van der Waals surface area contributed by atoms with Gasteiger partial charge in [-0.15, -0.1) is 24.8 Å². The summed E-state index contributed by atoms with van der Waals surface area (Å²) in [6.07, 6.45) is 2.78. The van der Waals surface area contributed by atoms with Gasteiger partial charge in [-0.25, -0.2) is 0 Å². The maximum absolute atomic E-state index is 12.3. The molecule has 1 atom stereocenters. The number of anilines is 1. The van der Waals surface area contributed by atoms with Crippen LogP contribution in [0.2, 0.25) is 0 Å². The summed E-state index contributed by atoms with van der Waals surface area (Å²) in [5, 5.41) is 2.95. The smallest absolute Gasteiger partial charge is 0.241 e. The van der Waals surface area contributed by atoms with Crippen molar-refractivity contribution in [3.8, 4) is 0 Å². The fraction of sp³-hybridized carbons (Fsp3) is 0.632. The van der Waals surface area contributed by atoms with E-state index in [-0.39, 0.29) is 36.6 Å². The van der Waals surface area contributed by atoms with E-state index in [0.29, 0.717) is 13.2 Å². The molecule has 1 amide bonds. The van der Waals surface area contributed by atoms with E-state index in [4.69, 9.17) is 10.5 Å². The van der Waals surface area contributed by atoms with E-state index in [9.17, 15) is 4.79 Å². The van der Waals surface area contributed by atoms with Gasteiger partial charge in [0.05, 0.1) is 6.04 Å². The van der Waals surface area contributed by atoms with Crippen LogP contribution in [0, 0.1) is 5.92 Å². The number of halogens is 2. The summed E-state index contributed by atoms with van der Waals surface area (Å²) in [6, 6.07) is 7.72. The Morgan fingerprint density at radius 1 is 1.19 bits per heavy atom. The molecular formula is C19H31Cl2N3O2S. The van der Waals surface area contributed by atoms with E-state index < -0.39 is 6.04 Å². The van der Waals surface area contributed by atoms with Gasteiger partial charge in [0.1, 0.15) is 0 Å². The van der Waals surface area contributed by atoms with Crippen LogP contribution in [-0.2, 0) is 16.0 Å². The zero-order chi connectivity index (χ0) is 17.5. The summed E-state index contributed by atoms with van der Waals surface area (Å²) in [5.41, 5.74) is 8.26. The van der Waals surface area contributed by atoms with Crippen LogP contribution in [0.25, 0.3) is 0 Å². The maximum Gasteiger partial charge on any atom is 0.241 e. The molecule has 1 aromatic rings. The van der Waals surface area contributed by atoms with Crippen LogP contribution in [0.5, 0.6) is 0 Å². The Morgan fingerprint density at radius 3 is 2.44 bits per heavy atom. The summed E-state index contributed by atoms with van der Waals surface area (Å²) in [4.78, 5) is 14.9. The first-order chi connectivity index (χ1) is 12.2. The van der Waals surface area contributed by atoms with Gasteiger partial charge in [0, 0.05) is 50.0 Å². The van der Waals surface area contributed by atoms with E-state index in [1.165, 1.54) is 30.2 Å². The average Bonchev–Trinajstić information content (AvgIpc) is 2.68. The normalized spacial score (nSPS) is 19.4. The van der Waals surface area contributed by atoms with Crippen molar-refractivity contribution in [2.75, 3.05) is 49.7 Å². The van der Waals surface area contributed by atoms with Gasteiger partial charge in [0.25, 0.3) is 0 Å². The van der Waals surface area contributed by atoms with Gasteiger partial charge in [-0.2, -0.15) is 11.8 Å². The number of benzene rings is 1. The fourth-order valence-corrected chi connectivity index (χ4v) is 4.36. The second kappa shape index (κ2) is 12.9. The van der Waals surface area contributed by atoms with E-state index >= 15 is 0 Å². The molecule has 2 aliphatic rings. The van der Waals surface area contributed by atoms with Crippen molar-refractivity contribution < 1.29 is 9.53 Å². The Hall–Kier alpha value is -0.500. The minimum atomic E-state index is -0.458. The van der Waals surface area contributed by atoms with Crippen LogP contribution in [0.4, 0.5) is 5.69 Å². The average molecular weight is 436 g/mol. The number of hydrogen-bond donors (Lipinski definition) is 2. The predicted octanol–water partition coefficient (Wildman–Crippen LogP) is 2.81. The monoisotopic (exact) mass is 435 g/mol. The summed E-state index contributed by atoms with van der Waals surface area (Å²) in [7, 11) is 0.